The zero-order chi connectivity index (χ0) is 21.6. The highest BCUT2D eigenvalue weighted by Gasteiger charge is 2.20. The van der Waals surface area contributed by atoms with Crippen molar-refractivity contribution >= 4 is 10.8 Å². The van der Waals surface area contributed by atoms with E-state index in [1.807, 2.05) is 0 Å². The number of hydrogen-bond donors (Lipinski definition) is 0. The molecule has 0 saturated heterocycles. The van der Waals surface area contributed by atoms with Crippen molar-refractivity contribution in [2.75, 3.05) is 0 Å². The predicted molar refractivity (Wildman–Crippen MR) is 129 cm³/mol. The van der Waals surface area contributed by atoms with Crippen LogP contribution < -0.4 is 4.57 Å². The van der Waals surface area contributed by atoms with Crippen LogP contribution in [0.15, 0.2) is 66.9 Å². The Morgan fingerprint density at radius 2 is 1.43 bits per heavy atom. The molecule has 152 valence electrons. The van der Waals surface area contributed by atoms with Crippen LogP contribution in [0.25, 0.3) is 33.2 Å². The Balaban J connectivity index is 1.89. The quantitative estimate of drug-likeness (QED) is 0.316. The van der Waals surface area contributed by atoms with Crippen molar-refractivity contribution in [1.29, 1.82) is 0 Å². The van der Waals surface area contributed by atoms with E-state index in [1.54, 1.807) is 0 Å². The Kier molecular flexibility index (Phi) is 5.02. The third-order valence-electron chi connectivity index (χ3n) is 6.25. The maximum Gasteiger partial charge on any atom is 0.220 e. The highest BCUT2D eigenvalue weighted by atomic mass is 14.9. The lowest BCUT2D eigenvalue weighted by Crippen LogP contribution is -2.30. The van der Waals surface area contributed by atoms with Gasteiger partial charge in [-0.2, -0.15) is 0 Å². The first kappa shape index (κ1) is 20.3. The van der Waals surface area contributed by atoms with Crippen LogP contribution in [-0.2, 0) is 12.5 Å². The molecule has 3 aromatic carbocycles. The van der Waals surface area contributed by atoms with Gasteiger partial charge in [0.05, 0.1) is 5.39 Å². The van der Waals surface area contributed by atoms with Crippen molar-refractivity contribution in [3.8, 4) is 22.4 Å². The van der Waals surface area contributed by atoms with Gasteiger partial charge in [0.25, 0.3) is 0 Å². The maximum atomic E-state index is 2.35. The molecule has 0 amide bonds. The number of pyridine rings is 1. The highest BCUT2D eigenvalue weighted by molar-refractivity contribution is 5.94. The average Bonchev–Trinajstić information content (AvgIpc) is 2.67. The Bertz CT molecular complexity index is 1240. The molecular formula is C29H32N+. The van der Waals surface area contributed by atoms with Gasteiger partial charge in [-0.3, -0.25) is 0 Å². The summed E-state index contributed by atoms with van der Waals surface area (Å²) in [6, 6.07) is 22.6. The van der Waals surface area contributed by atoms with Crippen LogP contribution in [-0.4, -0.2) is 0 Å². The third kappa shape index (κ3) is 3.54. The van der Waals surface area contributed by atoms with Crippen LogP contribution in [0, 0.1) is 20.8 Å². The Morgan fingerprint density at radius 1 is 0.733 bits per heavy atom. The van der Waals surface area contributed by atoms with Crippen molar-refractivity contribution in [2.45, 2.75) is 47.0 Å². The number of aryl methyl sites for hydroxylation is 4. The first-order valence-corrected chi connectivity index (χ1v) is 10.8. The second kappa shape index (κ2) is 7.40. The standard InChI is InChI=1S/C29H32N/c1-19-9-8-10-20(2)27(19)23-11-13-25(21(3)17-23)28-26-14-12-24(29(4,5)6)18-22(26)15-16-30(28)7/h8-18H,1-7H3/q+1. The van der Waals surface area contributed by atoms with E-state index in [0.717, 1.165) is 0 Å². The van der Waals surface area contributed by atoms with Crippen LogP contribution in [0.4, 0.5) is 0 Å². The number of hydrogen-bond acceptors (Lipinski definition) is 0. The molecule has 0 aliphatic carbocycles. The van der Waals surface area contributed by atoms with Crippen molar-refractivity contribution in [2.24, 2.45) is 7.05 Å². The first-order valence-electron chi connectivity index (χ1n) is 10.8. The van der Waals surface area contributed by atoms with E-state index in [0.29, 0.717) is 0 Å². The molecular weight excluding hydrogens is 362 g/mol. The molecule has 1 nitrogen and oxygen atoms in total. The maximum absolute atomic E-state index is 2.35. The SMILES string of the molecule is Cc1cc(-c2c(C)cccc2C)ccc1-c1c2ccc(C(C)(C)C)cc2cc[n+]1C. The topological polar surface area (TPSA) is 3.88 Å². The van der Waals surface area contributed by atoms with Gasteiger partial charge in [-0.25, -0.2) is 4.57 Å². The van der Waals surface area contributed by atoms with E-state index in [1.165, 1.54) is 55.4 Å². The van der Waals surface area contributed by atoms with E-state index in [2.05, 4.69) is 120 Å². The summed E-state index contributed by atoms with van der Waals surface area (Å²) in [6.07, 6.45) is 2.18. The molecule has 0 aliphatic heterocycles. The summed E-state index contributed by atoms with van der Waals surface area (Å²) in [4.78, 5) is 0. The molecule has 0 atom stereocenters. The number of nitrogens with zero attached hydrogens (tertiary/aromatic N) is 1. The van der Waals surface area contributed by atoms with E-state index < -0.39 is 0 Å². The van der Waals surface area contributed by atoms with Crippen molar-refractivity contribution in [3.63, 3.8) is 0 Å². The fraction of sp³-hybridized carbons (Fsp3) is 0.276. The van der Waals surface area contributed by atoms with Gasteiger partial charge in [-0.05, 0) is 77.1 Å². The molecule has 0 fully saturated rings. The molecule has 1 aromatic heterocycles. The lowest BCUT2D eigenvalue weighted by Gasteiger charge is -2.19. The Labute approximate surface area is 181 Å². The van der Waals surface area contributed by atoms with E-state index in [-0.39, 0.29) is 5.41 Å². The number of benzene rings is 3. The van der Waals surface area contributed by atoms with Gasteiger partial charge in [0.15, 0.2) is 6.20 Å². The van der Waals surface area contributed by atoms with Crippen molar-refractivity contribution in [1.82, 2.24) is 0 Å². The molecule has 4 rings (SSSR count). The lowest BCUT2D eigenvalue weighted by molar-refractivity contribution is -0.659. The minimum absolute atomic E-state index is 0.148. The van der Waals surface area contributed by atoms with Gasteiger partial charge in [0.1, 0.15) is 7.05 Å². The molecule has 1 heterocycles. The second-order valence-electron chi connectivity index (χ2n) is 9.62. The molecule has 0 radical (unpaired) electrons. The lowest BCUT2D eigenvalue weighted by atomic mass is 9.85. The van der Waals surface area contributed by atoms with Crippen LogP contribution in [0.2, 0.25) is 0 Å². The van der Waals surface area contributed by atoms with Gasteiger partial charge in [0.2, 0.25) is 5.69 Å². The molecule has 0 N–H and O–H groups in total. The van der Waals surface area contributed by atoms with Crippen molar-refractivity contribution < 1.29 is 4.57 Å². The van der Waals surface area contributed by atoms with Crippen LogP contribution >= 0.6 is 0 Å². The van der Waals surface area contributed by atoms with Gasteiger partial charge in [-0.15, -0.1) is 0 Å². The van der Waals surface area contributed by atoms with Gasteiger partial charge in [0, 0.05) is 11.6 Å². The Hall–Kier alpha value is -2.93. The zero-order valence-electron chi connectivity index (χ0n) is 19.3. The summed E-state index contributed by atoms with van der Waals surface area (Å²) in [7, 11) is 2.14. The van der Waals surface area contributed by atoms with Gasteiger partial charge >= 0.3 is 0 Å². The molecule has 0 bridgehead atoms. The summed E-state index contributed by atoms with van der Waals surface area (Å²) in [5, 5.41) is 2.60. The molecule has 0 saturated carbocycles. The van der Waals surface area contributed by atoms with Crippen molar-refractivity contribution in [3.05, 3.63) is 89.1 Å². The number of fused-ring (bicyclic) bond motifs is 1. The second-order valence-corrected chi connectivity index (χ2v) is 9.62. The van der Waals surface area contributed by atoms with Gasteiger partial charge in [-0.1, -0.05) is 63.2 Å². The van der Waals surface area contributed by atoms with Gasteiger partial charge < -0.3 is 0 Å². The normalized spacial score (nSPS) is 11.8. The summed E-state index contributed by atoms with van der Waals surface area (Å²) in [5.41, 5.74) is 10.7. The average molecular weight is 395 g/mol. The fourth-order valence-electron chi connectivity index (χ4n) is 4.53. The predicted octanol–water partition coefficient (Wildman–Crippen LogP) is 7.22. The Morgan fingerprint density at radius 3 is 2.07 bits per heavy atom. The minimum Gasteiger partial charge on any atom is -0.200 e. The highest BCUT2D eigenvalue weighted by Crippen LogP contribution is 2.34. The first-order chi connectivity index (χ1) is 14.2. The summed E-state index contributed by atoms with van der Waals surface area (Å²) < 4.78 is 2.25. The molecule has 30 heavy (non-hydrogen) atoms. The number of aromatic nitrogens is 1. The molecule has 0 unspecified atom stereocenters. The number of rotatable bonds is 2. The van der Waals surface area contributed by atoms with E-state index >= 15 is 0 Å². The largest absolute Gasteiger partial charge is 0.220 e. The van der Waals surface area contributed by atoms with E-state index in [4.69, 9.17) is 0 Å². The van der Waals surface area contributed by atoms with Crippen LogP contribution in [0.5, 0.6) is 0 Å². The third-order valence-corrected chi connectivity index (χ3v) is 6.25. The molecule has 4 aromatic rings. The van der Waals surface area contributed by atoms with Crippen LogP contribution in [0.1, 0.15) is 43.0 Å². The minimum atomic E-state index is 0.148. The van der Waals surface area contributed by atoms with Crippen LogP contribution in [0.3, 0.4) is 0 Å². The monoisotopic (exact) mass is 394 g/mol. The summed E-state index contributed by atoms with van der Waals surface area (Å²) in [6.45, 7) is 13.4. The van der Waals surface area contributed by atoms with E-state index in [9.17, 15) is 0 Å². The summed E-state index contributed by atoms with van der Waals surface area (Å²) in [5.74, 6) is 0. The molecule has 1 heteroatoms. The fourth-order valence-corrected chi connectivity index (χ4v) is 4.53. The summed E-state index contributed by atoms with van der Waals surface area (Å²) >= 11 is 0. The zero-order valence-corrected chi connectivity index (χ0v) is 19.3. The molecule has 0 spiro atoms. The molecule has 0 aliphatic rings. The smallest absolute Gasteiger partial charge is 0.200 e.